The first-order chi connectivity index (χ1) is 11.5. The summed E-state index contributed by atoms with van der Waals surface area (Å²) in [6.45, 7) is 3.37. The van der Waals surface area contributed by atoms with E-state index in [-0.39, 0.29) is 53.9 Å². The van der Waals surface area contributed by atoms with Crippen LogP contribution in [0.1, 0.15) is 12.5 Å². The number of nitrogens with one attached hydrogen (secondary N) is 2. The number of imide groups is 1. The van der Waals surface area contributed by atoms with Gasteiger partial charge in [-0.1, -0.05) is 23.9 Å². The molecular weight excluding hydrogens is 366 g/mol. The number of rotatable bonds is 4. The Hall–Kier alpha value is -1.61. The van der Waals surface area contributed by atoms with Crippen LogP contribution in [-0.4, -0.2) is 53.0 Å². The summed E-state index contributed by atoms with van der Waals surface area (Å²) in [7, 11) is 0. The van der Waals surface area contributed by atoms with E-state index in [4.69, 9.17) is 4.74 Å². The van der Waals surface area contributed by atoms with Crippen molar-refractivity contribution in [2.75, 3.05) is 24.2 Å². The van der Waals surface area contributed by atoms with Crippen LogP contribution in [0.2, 0.25) is 0 Å². The summed E-state index contributed by atoms with van der Waals surface area (Å²) in [6.07, 6.45) is -0.178. The number of ether oxygens (including phenoxy) is 1. The van der Waals surface area contributed by atoms with Gasteiger partial charge in [-0.15, -0.1) is 12.4 Å². The average molecular weight is 386 g/mol. The molecule has 2 aliphatic rings. The van der Waals surface area contributed by atoms with Crippen LogP contribution in [0.15, 0.2) is 24.3 Å². The van der Waals surface area contributed by atoms with Crippen LogP contribution in [0.3, 0.4) is 0 Å². The van der Waals surface area contributed by atoms with Crippen LogP contribution >= 0.6 is 24.2 Å². The number of carbonyl (C=O) groups is 3. The van der Waals surface area contributed by atoms with Gasteiger partial charge in [0.15, 0.2) is 0 Å². The van der Waals surface area contributed by atoms with Gasteiger partial charge in [-0.05, 0) is 24.6 Å². The molecule has 1 aromatic carbocycles. The molecule has 3 amide bonds. The van der Waals surface area contributed by atoms with E-state index in [0.29, 0.717) is 18.8 Å². The molecule has 1 aromatic rings. The minimum absolute atomic E-state index is 0. The first kappa shape index (κ1) is 19.7. The van der Waals surface area contributed by atoms with Crippen molar-refractivity contribution in [2.24, 2.45) is 0 Å². The van der Waals surface area contributed by atoms with Crippen LogP contribution in [0.4, 0.5) is 10.5 Å². The van der Waals surface area contributed by atoms with Crippen molar-refractivity contribution >= 4 is 46.9 Å². The average Bonchev–Trinajstić information content (AvgIpc) is 2.89. The Morgan fingerprint density at radius 3 is 2.68 bits per heavy atom. The first-order valence-corrected chi connectivity index (χ1v) is 8.75. The van der Waals surface area contributed by atoms with Crippen molar-refractivity contribution in [3.63, 3.8) is 0 Å². The molecule has 0 spiro atoms. The highest BCUT2D eigenvalue weighted by molar-refractivity contribution is 8.14. The Balaban J connectivity index is 0.00000225. The molecular formula is C16H20ClN3O4S. The monoisotopic (exact) mass is 385 g/mol. The summed E-state index contributed by atoms with van der Waals surface area (Å²) in [4.78, 5) is 36.7. The van der Waals surface area contributed by atoms with Crippen LogP contribution < -0.4 is 10.6 Å². The standard InChI is InChI=1S/C16H19N3O4S.ClH/c1-10-14(17-6-7-23-10)15(21)18-12-4-2-11(3-5-12)8-19-13(20)9-24-16(19)22;/h2-5,10,14,17H,6-9H2,1H3,(H,18,21);1H/t10-,14+;/m1./s1. The van der Waals surface area contributed by atoms with E-state index < -0.39 is 0 Å². The van der Waals surface area contributed by atoms with E-state index in [1.807, 2.05) is 6.92 Å². The normalized spacial score (nSPS) is 23.3. The molecule has 2 aliphatic heterocycles. The summed E-state index contributed by atoms with van der Waals surface area (Å²) < 4.78 is 5.47. The van der Waals surface area contributed by atoms with Crippen molar-refractivity contribution in [3.8, 4) is 0 Å². The van der Waals surface area contributed by atoms with Gasteiger partial charge in [0.1, 0.15) is 6.04 Å². The minimum Gasteiger partial charge on any atom is -0.375 e. The predicted octanol–water partition coefficient (Wildman–Crippen LogP) is 1.62. The second-order valence-corrected chi connectivity index (χ2v) is 6.65. The number of carbonyl (C=O) groups excluding carboxylic acids is 3. The lowest BCUT2D eigenvalue weighted by Gasteiger charge is -2.29. The van der Waals surface area contributed by atoms with Crippen molar-refractivity contribution in [1.82, 2.24) is 10.2 Å². The van der Waals surface area contributed by atoms with Crippen LogP contribution in [-0.2, 0) is 20.9 Å². The van der Waals surface area contributed by atoms with Gasteiger partial charge >= 0.3 is 0 Å². The summed E-state index contributed by atoms with van der Waals surface area (Å²) in [6, 6.07) is 6.75. The molecule has 0 aromatic heterocycles. The summed E-state index contributed by atoms with van der Waals surface area (Å²) >= 11 is 1.02. The molecule has 2 N–H and O–H groups in total. The lowest BCUT2D eigenvalue weighted by molar-refractivity contribution is -0.125. The highest BCUT2D eigenvalue weighted by Gasteiger charge is 2.30. The van der Waals surface area contributed by atoms with E-state index in [1.54, 1.807) is 24.3 Å². The van der Waals surface area contributed by atoms with Crippen molar-refractivity contribution in [2.45, 2.75) is 25.6 Å². The molecule has 3 rings (SSSR count). The fourth-order valence-electron chi connectivity index (χ4n) is 2.66. The number of benzene rings is 1. The van der Waals surface area contributed by atoms with Crippen molar-refractivity contribution < 1.29 is 19.1 Å². The molecule has 0 unspecified atom stereocenters. The number of nitrogens with zero attached hydrogens (tertiary/aromatic N) is 1. The number of anilines is 1. The Labute approximate surface area is 156 Å². The third-order valence-corrected chi connectivity index (χ3v) is 4.86. The largest absolute Gasteiger partial charge is 0.375 e. The third-order valence-electron chi connectivity index (χ3n) is 4.00. The molecule has 2 atom stereocenters. The lowest BCUT2D eigenvalue weighted by atomic mass is 10.1. The first-order valence-electron chi connectivity index (χ1n) is 7.76. The SMILES string of the molecule is C[C@H]1OCCN[C@@H]1C(=O)Nc1ccc(CN2C(=O)CSC2=O)cc1.Cl. The summed E-state index contributed by atoms with van der Waals surface area (Å²) in [5.74, 6) is -0.0993. The molecule has 25 heavy (non-hydrogen) atoms. The number of halogens is 1. The highest BCUT2D eigenvalue weighted by atomic mass is 35.5. The maximum Gasteiger partial charge on any atom is 0.289 e. The Morgan fingerprint density at radius 2 is 2.08 bits per heavy atom. The van der Waals surface area contributed by atoms with Crippen molar-refractivity contribution in [1.29, 1.82) is 0 Å². The van der Waals surface area contributed by atoms with Crippen LogP contribution in [0.5, 0.6) is 0 Å². The van der Waals surface area contributed by atoms with E-state index in [1.165, 1.54) is 4.90 Å². The van der Waals surface area contributed by atoms with E-state index in [9.17, 15) is 14.4 Å². The van der Waals surface area contributed by atoms with Gasteiger partial charge in [0.2, 0.25) is 11.8 Å². The van der Waals surface area contributed by atoms with Gasteiger partial charge in [-0.25, -0.2) is 0 Å². The number of hydrogen-bond donors (Lipinski definition) is 2. The van der Waals surface area contributed by atoms with Gasteiger partial charge in [-0.3, -0.25) is 19.3 Å². The maximum absolute atomic E-state index is 12.3. The molecule has 2 fully saturated rings. The Bertz CT molecular complexity index is 639. The van der Waals surface area contributed by atoms with Gasteiger partial charge in [0.25, 0.3) is 5.24 Å². The molecule has 0 aliphatic carbocycles. The maximum atomic E-state index is 12.3. The van der Waals surface area contributed by atoms with Gasteiger partial charge in [-0.2, -0.15) is 0 Å². The Morgan fingerprint density at radius 1 is 1.36 bits per heavy atom. The molecule has 0 saturated carbocycles. The Kier molecular flexibility index (Phi) is 6.83. The lowest BCUT2D eigenvalue weighted by Crippen LogP contribution is -2.53. The number of hydrogen-bond acceptors (Lipinski definition) is 6. The molecule has 2 heterocycles. The molecule has 0 bridgehead atoms. The number of morpholine rings is 1. The van der Waals surface area contributed by atoms with E-state index >= 15 is 0 Å². The topological polar surface area (TPSA) is 87.7 Å². The summed E-state index contributed by atoms with van der Waals surface area (Å²) in [5, 5.41) is 5.77. The van der Waals surface area contributed by atoms with Crippen LogP contribution in [0, 0.1) is 0 Å². The molecule has 136 valence electrons. The highest BCUT2D eigenvalue weighted by Crippen LogP contribution is 2.22. The molecule has 7 nitrogen and oxygen atoms in total. The fourth-order valence-corrected chi connectivity index (χ4v) is 3.38. The molecule has 9 heteroatoms. The van der Waals surface area contributed by atoms with Gasteiger partial charge in [0.05, 0.1) is 25.0 Å². The van der Waals surface area contributed by atoms with Crippen molar-refractivity contribution in [3.05, 3.63) is 29.8 Å². The molecule has 0 radical (unpaired) electrons. The summed E-state index contributed by atoms with van der Waals surface area (Å²) in [5.41, 5.74) is 1.50. The zero-order valence-electron chi connectivity index (χ0n) is 13.7. The number of amides is 3. The van der Waals surface area contributed by atoms with E-state index in [2.05, 4.69) is 10.6 Å². The number of thioether (sulfide) groups is 1. The smallest absolute Gasteiger partial charge is 0.289 e. The zero-order chi connectivity index (χ0) is 17.1. The third kappa shape index (κ3) is 4.72. The second kappa shape index (κ2) is 8.66. The van der Waals surface area contributed by atoms with E-state index in [0.717, 1.165) is 17.3 Å². The van der Waals surface area contributed by atoms with Gasteiger partial charge < -0.3 is 15.4 Å². The van der Waals surface area contributed by atoms with Gasteiger partial charge in [0, 0.05) is 12.2 Å². The quantitative estimate of drug-likeness (QED) is 0.818. The second-order valence-electron chi connectivity index (χ2n) is 5.73. The fraction of sp³-hybridized carbons (Fsp3) is 0.438. The minimum atomic E-state index is -0.379. The predicted molar refractivity (Wildman–Crippen MR) is 97.9 cm³/mol. The van der Waals surface area contributed by atoms with Crippen LogP contribution in [0.25, 0.3) is 0 Å². The zero-order valence-corrected chi connectivity index (χ0v) is 15.3. The molecule has 2 saturated heterocycles.